The average Bonchev–Trinajstić information content (AvgIpc) is 2.09. The van der Waals surface area contributed by atoms with Crippen molar-refractivity contribution in [2.75, 3.05) is 12.3 Å². The van der Waals surface area contributed by atoms with E-state index in [1.165, 1.54) is 0 Å². The second-order valence-electron chi connectivity index (χ2n) is 3.21. The first-order valence-corrected chi connectivity index (χ1v) is 4.26. The number of hydrogen-bond acceptors (Lipinski definition) is 3. The van der Waals surface area contributed by atoms with Crippen LogP contribution >= 0.6 is 0 Å². The Morgan fingerprint density at radius 3 is 2.54 bits per heavy atom. The third-order valence-electron chi connectivity index (χ3n) is 2.26. The molecular formula is C10H15NO2. The molecule has 0 heterocycles. The molecule has 1 aromatic rings. The lowest BCUT2D eigenvalue weighted by Gasteiger charge is -2.12. The number of nitrogen functional groups attached to an aromatic ring is 1. The zero-order valence-corrected chi connectivity index (χ0v) is 7.96. The number of aromatic hydroxyl groups is 1. The van der Waals surface area contributed by atoms with Crippen LogP contribution in [0.15, 0.2) is 6.07 Å². The molecule has 3 heteroatoms. The Labute approximate surface area is 77.8 Å². The van der Waals surface area contributed by atoms with E-state index >= 15 is 0 Å². The Bertz CT molecular complexity index is 321. The highest BCUT2D eigenvalue weighted by Gasteiger charge is 2.09. The summed E-state index contributed by atoms with van der Waals surface area (Å²) in [6.07, 6.45) is 0.492. The van der Waals surface area contributed by atoms with Gasteiger partial charge in [-0.1, -0.05) is 0 Å². The second-order valence-corrected chi connectivity index (χ2v) is 3.21. The van der Waals surface area contributed by atoms with Crippen molar-refractivity contribution in [2.24, 2.45) is 0 Å². The van der Waals surface area contributed by atoms with Crippen LogP contribution in [0, 0.1) is 13.8 Å². The molecule has 0 saturated carbocycles. The van der Waals surface area contributed by atoms with Gasteiger partial charge in [-0.05, 0) is 43.0 Å². The standard InChI is InChI=1S/C10H15NO2/c1-6-5-9(11)8(3-4-12)7(2)10(6)13/h5,12-13H,3-4,11H2,1-2H3. The molecule has 0 radical (unpaired) electrons. The molecule has 0 saturated heterocycles. The Kier molecular flexibility index (Phi) is 2.78. The molecule has 0 fully saturated rings. The summed E-state index contributed by atoms with van der Waals surface area (Å²) >= 11 is 0. The van der Waals surface area contributed by atoms with E-state index in [0.29, 0.717) is 12.1 Å². The number of anilines is 1. The van der Waals surface area contributed by atoms with Crippen LogP contribution in [0.25, 0.3) is 0 Å². The van der Waals surface area contributed by atoms with E-state index in [2.05, 4.69) is 0 Å². The van der Waals surface area contributed by atoms with Crippen molar-refractivity contribution >= 4 is 5.69 Å². The Morgan fingerprint density at radius 1 is 1.38 bits per heavy atom. The summed E-state index contributed by atoms with van der Waals surface area (Å²) in [7, 11) is 0. The lowest BCUT2D eigenvalue weighted by atomic mass is 10.00. The van der Waals surface area contributed by atoms with Gasteiger partial charge in [0.15, 0.2) is 0 Å². The number of benzene rings is 1. The summed E-state index contributed by atoms with van der Waals surface area (Å²) in [6.45, 7) is 3.67. The summed E-state index contributed by atoms with van der Waals surface area (Å²) in [5.74, 6) is 0.276. The van der Waals surface area contributed by atoms with E-state index in [-0.39, 0.29) is 12.4 Å². The van der Waals surface area contributed by atoms with E-state index in [9.17, 15) is 5.11 Å². The number of rotatable bonds is 2. The summed E-state index contributed by atoms with van der Waals surface area (Å²) in [6, 6.07) is 1.73. The normalized spacial score (nSPS) is 10.4. The number of nitrogens with two attached hydrogens (primary N) is 1. The van der Waals surface area contributed by atoms with Gasteiger partial charge >= 0.3 is 0 Å². The first-order chi connectivity index (χ1) is 6.07. The zero-order chi connectivity index (χ0) is 10.0. The molecule has 3 nitrogen and oxygen atoms in total. The smallest absolute Gasteiger partial charge is 0.121 e. The van der Waals surface area contributed by atoms with E-state index < -0.39 is 0 Å². The molecule has 1 rings (SSSR count). The van der Waals surface area contributed by atoms with Gasteiger partial charge in [0.2, 0.25) is 0 Å². The maximum Gasteiger partial charge on any atom is 0.121 e. The molecule has 72 valence electrons. The number of aliphatic hydroxyl groups excluding tert-OH is 1. The molecular weight excluding hydrogens is 166 g/mol. The summed E-state index contributed by atoms with van der Waals surface area (Å²) < 4.78 is 0. The van der Waals surface area contributed by atoms with Gasteiger partial charge in [-0.15, -0.1) is 0 Å². The van der Waals surface area contributed by atoms with Crippen molar-refractivity contribution in [3.8, 4) is 5.75 Å². The van der Waals surface area contributed by atoms with Gasteiger partial charge in [0.25, 0.3) is 0 Å². The van der Waals surface area contributed by atoms with Crippen LogP contribution in [-0.4, -0.2) is 16.8 Å². The van der Waals surface area contributed by atoms with Gasteiger partial charge in [0, 0.05) is 12.3 Å². The molecule has 0 unspecified atom stereocenters. The third kappa shape index (κ3) is 1.75. The number of aliphatic hydroxyl groups is 1. The van der Waals surface area contributed by atoms with Crippen LogP contribution < -0.4 is 5.73 Å². The first-order valence-electron chi connectivity index (χ1n) is 4.26. The van der Waals surface area contributed by atoms with Crippen molar-refractivity contribution in [3.63, 3.8) is 0 Å². The molecule has 0 aliphatic carbocycles. The van der Waals surface area contributed by atoms with Crippen molar-refractivity contribution in [3.05, 3.63) is 22.8 Å². The molecule has 0 aromatic heterocycles. The molecule has 1 aromatic carbocycles. The van der Waals surface area contributed by atoms with Gasteiger partial charge in [-0.3, -0.25) is 0 Å². The minimum atomic E-state index is 0.0491. The SMILES string of the molecule is Cc1cc(N)c(CCO)c(C)c1O. The van der Waals surface area contributed by atoms with Crippen LogP contribution in [0.4, 0.5) is 5.69 Å². The van der Waals surface area contributed by atoms with E-state index in [1.54, 1.807) is 13.0 Å². The second kappa shape index (κ2) is 3.66. The molecule has 0 atom stereocenters. The van der Waals surface area contributed by atoms with Gasteiger partial charge in [-0.25, -0.2) is 0 Å². The molecule has 13 heavy (non-hydrogen) atoms. The Balaban J connectivity index is 3.26. The van der Waals surface area contributed by atoms with E-state index in [4.69, 9.17) is 10.8 Å². The highest BCUT2D eigenvalue weighted by molar-refractivity contribution is 5.59. The molecule has 0 amide bonds. The van der Waals surface area contributed by atoms with Gasteiger partial charge in [0.05, 0.1) is 0 Å². The van der Waals surface area contributed by atoms with Crippen LogP contribution in [0.1, 0.15) is 16.7 Å². The van der Waals surface area contributed by atoms with Crippen LogP contribution in [0.3, 0.4) is 0 Å². The Morgan fingerprint density at radius 2 is 2.00 bits per heavy atom. The summed E-state index contributed by atoms with van der Waals surface area (Å²) in [5.41, 5.74) is 8.78. The van der Waals surface area contributed by atoms with Crippen molar-refractivity contribution in [2.45, 2.75) is 20.3 Å². The molecule has 4 N–H and O–H groups in total. The predicted octanol–water partition coefficient (Wildman–Crippen LogP) is 1.13. The summed E-state index contributed by atoms with van der Waals surface area (Å²) in [5, 5.41) is 18.4. The number of phenolic OH excluding ortho intramolecular Hbond substituents is 1. The van der Waals surface area contributed by atoms with Gasteiger partial charge in [0.1, 0.15) is 5.75 Å². The third-order valence-corrected chi connectivity index (χ3v) is 2.26. The van der Waals surface area contributed by atoms with Gasteiger partial charge in [-0.2, -0.15) is 0 Å². The van der Waals surface area contributed by atoms with E-state index in [1.807, 2.05) is 6.92 Å². The number of aryl methyl sites for hydroxylation is 1. The molecule has 0 aliphatic heterocycles. The first kappa shape index (κ1) is 9.86. The molecule has 0 aliphatic rings. The topological polar surface area (TPSA) is 66.5 Å². The maximum atomic E-state index is 9.60. The minimum Gasteiger partial charge on any atom is -0.507 e. The fourth-order valence-electron chi connectivity index (χ4n) is 1.49. The van der Waals surface area contributed by atoms with Gasteiger partial charge < -0.3 is 15.9 Å². The zero-order valence-electron chi connectivity index (χ0n) is 7.96. The van der Waals surface area contributed by atoms with Crippen molar-refractivity contribution in [1.82, 2.24) is 0 Å². The van der Waals surface area contributed by atoms with Crippen LogP contribution in [-0.2, 0) is 6.42 Å². The molecule has 0 bridgehead atoms. The predicted molar refractivity (Wildman–Crippen MR) is 52.8 cm³/mol. The summed E-state index contributed by atoms with van der Waals surface area (Å²) in [4.78, 5) is 0. The quantitative estimate of drug-likeness (QED) is 0.473. The lowest BCUT2D eigenvalue weighted by molar-refractivity contribution is 0.299. The van der Waals surface area contributed by atoms with E-state index in [0.717, 1.165) is 16.7 Å². The van der Waals surface area contributed by atoms with Crippen LogP contribution in [0.5, 0.6) is 5.75 Å². The number of phenols is 1. The van der Waals surface area contributed by atoms with Crippen LogP contribution in [0.2, 0.25) is 0 Å². The molecule has 0 spiro atoms. The average molecular weight is 181 g/mol. The highest BCUT2D eigenvalue weighted by Crippen LogP contribution is 2.29. The Hall–Kier alpha value is -1.22. The van der Waals surface area contributed by atoms with Crippen molar-refractivity contribution in [1.29, 1.82) is 0 Å². The fourth-order valence-corrected chi connectivity index (χ4v) is 1.49. The largest absolute Gasteiger partial charge is 0.507 e. The highest BCUT2D eigenvalue weighted by atomic mass is 16.3. The monoisotopic (exact) mass is 181 g/mol. The number of hydrogen-bond donors (Lipinski definition) is 3. The van der Waals surface area contributed by atoms with Crippen molar-refractivity contribution < 1.29 is 10.2 Å². The fraction of sp³-hybridized carbons (Fsp3) is 0.400. The lowest BCUT2D eigenvalue weighted by Crippen LogP contribution is -2.01. The maximum absolute atomic E-state index is 9.60. The minimum absolute atomic E-state index is 0.0491.